The number of rotatable bonds is 5. The smallest absolute Gasteiger partial charge is 0.161 e. The second kappa shape index (κ2) is 5.99. The van der Waals surface area contributed by atoms with E-state index >= 15 is 0 Å². The maximum Gasteiger partial charge on any atom is 0.161 e. The summed E-state index contributed by atoms with van der Waals surface area (Å²) in [6.45, 7) is 2.24. The third-order valence-electron chi connectivity index (χ3n) is 2.23. The SMILES string of the molecule is CCOc1ccc(C(C#N)CO)cc1OC. The molecule has 0 fully saturated rings. The molecule has 16 heavy (non-hydrogen) atoms. The number of aliphatic hydroxyl groups is 1. The Morgan fingerprint density at radius 3 is 2.69 bits per heavy atom. The molecule has 0 bridgehead atoms. The summed E-state index contributed by atoms with van der Waals surface area (Å²) in [5.41, 5.74) is 0.727. The van der Waals surface area contributed by atoms with Crippen LogP contribution in [0.15, 0.2) is 18.2 Å². The molecule has 1 aromatic rings. The van der Waals surface area contributed by atoms with Crippen LogP contribution in [0.4, 0.5) is 0 Å². The molecule has 0 saturated carbocycles. The van der Waals surface area contributed by atoms with Crippen molar-refractivity contribution in [1.29, 1.82) is 5.26 Å². The summed E-state index contributed by atoms with van der Waals surface area (Å²) >= 11 is 0. The lowest BCUT2D eigenvalue weighted by atomic mass is 10.0. The topological polar surface area (TPSA) is 62.5 Å². The molecule has 0 amide bonds. The molecule has 4 heteroatoms. The Kier molecular flexibility index (Phi) is 4.62. The van der Waals surface area contributed by atoms with Crippen molar-refractivity contribution >= 4 is 0 Å². The van der Waals surface area contributed by atoms with Gasteiger partial charge in [-0.1, -0.05) is 6.07 Å². The van der Waals surface area contributed by atoms with Gasteiger partial charge in [-0.05, 0) is 24.6 Å². The summed E-state index contributed by atoms with van der Waals surface area (Å²) in [4.78, 5) is 0. The highest BCUT2D eigenvalue weighted by molar-refractivity contribution is 5.45. The minimum Gasteiger partial charge on any atom is -0.493 e. The number of benzene rings is 1. The van der Waals surface area contributed by atoms with Crippen LogP contribution in [0.1, 0.15) is 18.4 Å². The summed E-state index contributed by atoms with van der Waals surface area (Å²) in [5, 5.41) is 17.9. The van der Waals surface area contributed by atoms with E-state index in [0.29, 0.717) is 18.1 Å². The lowest BCUT2D eigenvalue weighted by molar-refractivity contribution is 0.284. The van der Waals surface area contributed by atoms with E-state index in [2.05, 4.69) is 0 Å². The van der Waals surface area contributed by atoms with E-state index in [4.69, 9.17) is 19.8 Å². The van der Waals surface area contributed by atoms with Gasteiger partial charge in [0.2, 0.25) is 0 Å². The molecule has 0 spiro atoms. The average molecular weight is 221 g/mol. The number of hydrogen-bond acceptors (Lipinski definition) is 4. The van der Waals surface area contributed by atoms with Crippen molar-refractivity contribution in [3.05, 3.63) is 23.8 Å². The molecule has 0 aliphatic rings. The van der Waals surface area contributed by atoms with Crippen molar-refractivity contribution in [2.75, 3.05) is 20.3 Å². The fraction of sp³-hybridized carbons (Fsp3) is 0.417. The maximum absolute atomic E-state index is 9.02. The fourth-order valence-electron chi connectivity index (χ4n) is 1.40. The first kappa shape index (κ1) is 12.3. The second-order valence-electron chi connectivity index (χ2n) is 3.21. The normalized spacial score (nSPS) is 11.6. The molecule has 0 aromatic heterocycles. The van der Waals surface area contributed by atoms with Gasteiger partial charge >= 0.3 is 0 Å². The van der Waals surface area contributed by atoms with Gasteiger partial charge in [-0.2, -0.15) is 5.26 Å². The predicted octanol–water partition coefficient (Wildman–Crippen LogP) is 1.69. The van der Waals surface area contributed by atoms with Gasteiger partial charge in [-0.15, -0.1) is 0 Å². The number of aliphatic hydroxyl groups excluding tert-OH is 1. The van der Waals surface area contributed by atoms with E-state index in [-0.39, 0.29) is 6.61 Å². The molecule has 1 rings (SSSR count). The van der Waals surface area contributed by atoms with Crippen molar-refractivity contribution in [2.24, 2.45) is 0 Å². The first-order valence-electron chi connectivity index (χ1n) is 5.08. The van der Waals surface area contributed by atoms with E-state index in [1.807, 2.05) is 13.0 Å². The summed E-state index contributed by atoms with van der Waals surface area (Å²) in [6.07, 6.45) is 0. The van der Waals surface area contributed by atoms with Crippen molar-refractivity contribution in [3.63, 3.8) is 0 Å². The first-order chi connectivity index (χ1) is 7.76. The first-order valence-corrected chi connectivity index (χ1v) is 5.08. The molecule has 0 aliphatic carbocycles. The van der Waals surface area contributed by atoms with Gasteiger partial charge in [-0.25, -0.2) is 0 Å². The average Bonchev–Trinajstić information content (AvgIpc) is 2.32. The number of nitrogens with zero attached hydrogens (tertiary/aromatic N) is 1. The predicted molar refractivity (Wildman–Crippen MR) is 59.6 cm³/mol. The third kappa shape index (κ3) is 2.65. The molecule has 0 heterocycles. The van der Waals surface area contributed by atoms with E-state index in [9.17, 15) is 0 Å². The van der Waals surface area contributed by atoms with E-state index in [1.165, 1.54) is 0 Å². The van der Waals surface area contributed by atoms with Crippen LogP contribution in [0.2, 0.25) is 0 Å². The van der Waals surface area contributed by atoms with Gasteiger partial charge in [0.25, 0.3) is 0 Å². The van der Waals surface area contributed by atoms with Crippen molar-refractivity contribution in [2.45, 2.75) is 12.8 Å². The lowest BCUT2D eigenvalue weighted by Crippen LogP contribution is -2.02. The van der Waals surface area contributed by atoms with Crippen LogP contribution in [0.25, 0.3) is 0 Å². The Morgan fingerprint density at radius 1 is 1.44 bits per heavy atom. The van der Waals surface area contributed by atoms with E-state index in [0.717, 1.165) is 5.56 Å². The number of nitriles is 1. The molecular weight excluding hydrogens is 206 g/mol. The zero-order valence-electron chi connectivity index (χ0n) is 9.43. The van der Waals surface area contributed by atoms with Gasteiger partial charge in [0.1, 0.15) is 0 Å². The van der Waals surface area contributed by atoms with E-state index < -0.39 is 5.92 Å². The Balaban J connectivity index is 3.04. The van der Waals surface area contributed by atoms with Crippen LogP contribution in [-0.2, 0) is 0 Å². The number of hydrogen-bond donors (Lipinski definition) is 1. The number of methoxy groups -OCH3 is 1. The molecule has 4 nitrogen and oxygen atoms in total. The van der Waals surface area contributed by atoms with E-state index in [1.54, 1.807) is 25.3 Å². The van der Waals surface area contributed by atoms with Crippen LogP contribution in [0, 0.1) is 11.3 Å². The monoisotopic (exact) mass is 221 g/mol. The molecule has 86 valence electrons. The largest absolute Gasteiger partial charge is 0.493 e. The molecule has 0 saturated heterocycles. The zero-order valence-corrected chi connectivity index (χ0v) is 9.43. The molecule has 0 radical (unpaired) electrons. The Bertz CT molecular complexity index is 384. The van der Waals surface area contributed by atoms with Crippen LogP contribution in [0.5, 0.6) is 11.5 Å². The Hall–Kier alpha value is -1.73. The molecular formula is C12H15NO3. The molecule has 0 aliphatic heterocycles. The van der Waals surface area contributed by atoms with Crippen molar-refractivity contribution in [3.8, 4) is 17.6 Å². The summed E-state index contributed by atoms with van der Waals surface area (Å²) in [5.74, 6) is 0.695. The third-order valence-corrected chi connectivity index (χ3v) is 2.23. The van der Waals surface area contributed by atoms with Crippen LogP contribution >= 0.6 is 0 Å². The zero-order chi connectivity index (χ0) is 12.0. The molecule has 1 unspecified atom stereocenters. The summed E-state index contributed by atoms with van der Waals surface area (Å²) in [6, 6.07) is 7.25. The van der Waals surface area contributed by atoms with Gasteiger partial charge < -0.3 is 14.6 Å². The van der Waals surface area contributed by atoms with Crippen LogP contribution in [0.3, 0.4) is 0 Å². The maximum atomic E-state index is 9.02. The Labute approximate surface area is 95.0 Å². The molecule has 1 atom stereocenters. The standard InChI is InChI=1S/C12H15NO3/c1-3-16-11-5-4-9(6-12(11)15-2)10(7-13)8-14/h4-6,10,14H,3,8H2,1-2H3. The van der Waals surface area contributed by atoms with Crippen LogP contribution in [-0.4, -0.2) is 25.4 Å². The number of ether oxygens (including phenoxy) is 2. The quantitative estimate of drug-likeness (QED) is 0.821. The summed E-state index contributed by atoms with van der Waals surface area (Å²) < 4.78 is 10.5. The highest BCUT2D eigenvalue weighted by Gasteiger charge is 2.12. The van der Waals surface area contributed by atoms with Crippen LogP contribution < -0.4 is 9.47 Å². The highest BCUT2D eigenvalue weighted by atomic mass is 16.5. The highest BCUT2D eigenvalue weighted by Crippen LogP contribution is 2.30. The Morgan fingerprint density at radius 2 is 2.19 bits per heavy atom. The second-order valence-corrected chi connectivity index (χ2v) is 3.21. The van der Waals surface area contributed by atoms with Gasteiger partial charge in [0, 0.05) is 0 Å². The fourth-order valence-corrected chi connectivity index (χ4v) is 1.40. The molecule has 1 aromatic carbocycles. The lowest BCUT2D eigenvalue weighted by Gasteiger charge is -2.12. The van der Waals surface area contributed by atoms with Crippen molar-refractivity contribution < 1.29 is 14.6 Å². The van der Waals surface area contributed by atoms with Gasteiger partial charge in [-0.3, -0.25) is 0 Å². The van der Waals surface area contributed by atoms with Crippen molar-refractivity contribution in [1.82, 2.24) is 0 Å². The minimum atomic E-state index is -0.524. The van der Waals surface area contributed by atoms with Gasteiger partial charge in [0.05, 0.1) is 32.3 Å². The molecule has 1 N–H and O–H groups in total. The summed E-state index contributed by atoms with van der Waals surface area (Å²) in [7, 11) is 1.54. The van der Waals surface area contributed by atoms with Gasteiger partial charge in [0.15, 0.2) is 11.5 Å². The minimum absolute atomic E-state index is 0.201.